The zero-order chi connectivity index (χ0) is 12.4. The lowest BCUT2D eigenvalue weighted by atomic mass is 9.80. The summed E-state index contributed by atoms with van der Waals surface area (Å²) in [6.07, 6.45) is 2.46. The fraction of sp³-hybridized carbons (Fsp3) is 0.600. The van der Waals surface area contributed by atoms with Gasteiger partial charge in [0.25, 0.3) is 0 Å². The smallest absolute Gasteiger partial charge is 0.0500 e. The molecule has 0 amide bonds. The first-order valence-electron chi connectivity index (χ1n) is 7.02. The van der Waals surface area contributed by atoms with E-state index in [-0.39, 0.29) is 0 Å². The van der Waals surface area contributed by atoms with Crippen molar-refractivity contribution in [2.24, 2.45) is 11.7 Å². The van der Waals surface area contributed by atoms with Crippen molar-refractivity contribution in [3.05, 3.63) is 29.8 Å². The van der Waals surface area contributed by atoms with Crippen LogP contribution in [0.5, 0.6) is 0 Å². The molecule has 98 valence electrons. The first-order valence-corrected chi connectivity index (χ1v) is 7.02. The molecule has 2 N–H and O–H groups in total. The van der Waals surface area contributed by atoms with Crippen LogP contribution in [0.3, 0.4) is 0 Å². The van der Waals surface area contributed by atoms with Crippen molar-refractivity contribution in [1.29, 1.82) is 0 Å². The Hall–Kier alpha value is -1.06. The predicted molar refractivity (Wildman–Crippen MR) is 74.0 cm³/mol. The number of ether oxygens (including phenoxy) is 1. The van der Waals surface area contributed by atoms with Gasteiger partial charge in [-0.15, -0.1) is 0 Å². The van der Waals surface area contributed by atoms with Crippen molar-refractivity contribution in [3.8, 4) is 0 Å². The SMILES string of the molecule is NCCN1CCC(C2CCOC2)c2ccccc21. The number of nitrogens with two attached hydrogens (primary N) is 1. The summed E-state index contributed by atoms with van der Waals surface area (Å²) in [6.45, 7) is 4.71. The molecule has 2 aliphatic rings. The summed E-state index contributed by atoms with van der Waals surface area (Å²) in [4.78, 5) is 2.43. The molecule has 0 saturated carbocycles. The van der Waals surface area contributed by atoms with Crippen molar-refractivity contribution in [3.63, 3.8) is 0 Å². The molecule has 1 aromatic carbocycles. The van der Waals surface area contributed by atoms with Crippen LogP contribution in [0.25, 0.3) is 0 Å². The Bertz CT molecular complexity index is 401. The van der Waals surface area contributed by atoms with Gasteiger partial charge in [0.05, 0.1) is 6.61 Å². The van der Waals surface area contributed by atoms with Crippen LogP contribution in [-0.2, 0) is 4.74 Å². The molecule has 1 fully saturated rings. The molecule has 3 heteroatoms. The van der Waals surface area contributed by atoms with Crippen LogP contribution in [0.4, 0.5) is 5.69 Å². The van der Waals surface area contributed by atoms with Crippen molar-refractivity contribution in [2.45, 2.75) is 18.8 Å². The summed E-state index contributed by atoms with van der Waals surface area (Å²) in [5.41, 5.74) is 8.61. The molecule has 0 radical (unpaired) electrons. The number of fused-ring (bicyclic) bond motifs is 1. The Morgan fingerprint density at radius 1 is 1.28 bits per heavy atom. The van der Waals surface area contributed by atoms with E-state index in [9.17, 15) is 0 Å². The zero-order valence-corrected chi connectivity index (χ0v) is 10.8. The van der Waals surface area contributed by atoms with Gasteiger partial charge in [0.15, 0.2) is 0 Å². The van der Waals surface area contributed by atoms with Gasteiger partial charge in [-0.2, -0.15) is 0 Å². The van der Waals surface area contributed by atoms with Crippen LogP contribution < -0.4 is 10.6 Å². The summed E-state index contributed by atoms with van der Waals surface area (Å²) in [6, 6.07) is 8.83. The molecule has 0 aromatic heterocycles. The normalized spacial score (nSPS) is 27.3. The van der Waals surface area contributed by atoms with Gasteiger partial charge in [0.2, 0.25) is 0 Å². The van der Waals surface area contributed by atoms with Crippen LogP contribution in [0.1, 0.15) is 24.3 Å². The van der Waals surface area contributed by atoms with E-state index in [1.54, 1.807) is 0 Å². The minimum Gasteiger partial charge on any atom is -0.381 e. The van der Waals surface area contributed by atoms with E-state index < -0.39 is 0 Å². The molecule has 2 aliphatic heterocycles. The average Bonchev–Trinajstić information content (AvgIpc) is 2.93. The van der Waals surface area contributed by atoms with Gasteiger partial charge in [-0.1, -0.05) is 18.2 Å². The molecule has 0 aliphatic carbocycles. The highest BCUT2D eigenvalue weighted by molar-refractivity contribution is 5.57. The fourth-order valence-electron chi connectivity index (χ4n) is 3.41. The van der Waals surface area contributed by atoms with Crippen molar-refractivity contribution in [1.82, 2.24) is 0 Å². The quantitative estimate of drug-likeness (QED) is 0.886. The lowest BCUT2D eigenvalue weighted by molar-refractivity contribution is 0.179. The van der Waals surface area contributed by atoms with Gasteiger partial charge in [-0.3, -0.25) is 0 Å². The Labute approximate surface area is 109 Å². The number of benzene rings is 1. The maximum absolute atomic E-state index is 5.71. The van der Waals surface area contributed by atoms with Crippen LogP contribution in [-0.4, -0.2) is 32.8 Å². The Morgan fingerprint density at radius 2 is 2.17 bits per heavy atom. The van der Waals surface area contributed by atoms with E-state index in [2.05, 4.69) is 29.2 Å². The molecule has 3 rings (SSSR count). The second kappa shape index (κ2) is 5.29. The molecule has 2 heterocycles. The number of rotatable bonds is 3. The second-order valence-corrected chi connectivity index (χ2v) is 5.35. The third kappa shape index (κ3) is 2.13. The van der Waals surface area contributed by atoms with Gasteiger partial charge in [-0.25, -0.2) is 0 Å². The summed E-state index contributed by atoms with van der Waals surface area (Å²) in [5, 5.41) is 0. The fourth-order valence-corrected chi connectivity index (χ4v) is 3.41. The summed E-state index contributed by atoms with van der Waals surface area (Å²) < 4.78 is 5.57. The second-order valence-electron chi connectivity index (χ2n) is 5.35. The molecule has 1 saturated heterocycles. The van der Waals surface area contributed by atoms with E-state index >= 15 is 0 Å². The lowest BCUT2D eigenvalue weighted by Crippen LogP contribution is -2.36. The third-order valence-electron chi connectivity index (χ3n) is 4.32. The molecule has 18 heavy (non-hydrogen) atoms. The van der Waals surface area contributed by atoms with Crippen LogP contribution >= 0.6 is 0 Å². The topological polar surface area (TPSA) is 38.5 Å². The van der Waals surface area contributed by atoms with Gasteiger partial charge in [0.1, 0.15) is 0 Å². The standard InChI is InChI=1S/C15H22N2O/c16-7-9-17-8-5-13(12-6-10-18-11-12)14-3-1-2-4-15(14)17/h1-4,12-13H,5-11,16H2. The Morgan fingerprint density at radius 3 is 2.94 bits per heavy atom. The highest BCUT2D eigenvalue weighted by Gasteiger charge is 2.32. The molecule has 2 unspecified atom stereocenters. The maximum atomic E-state index is 5.71. The van der Waals surface area contributed by atoms with Crippen LogP contribution in [0.2, 0.25) is 0 Å². The number of nitrogens with zero attached hydrogens (tertiary/aromatic N) is 1. The molecule has 2 atom stereocenters. The van der Waals surface area contributed by atoms with Gasteiger partial charge < -0.3 is 15.4 Å². The summed E-state index contributed by atoms with van der Waals surface area (Å²) in [5.74, 6) is 1.39. The maximum Gasteiger partial charge on any atom is 0.0500 e. The van der Waals surface area contributed by atoms with Crippen molar-refractivity contribution in [2.75, 3.05) is 37.7 Å². The zero-order valence-electron chi connectivity index (χ0n) is 10.8. The third-order valence-corrected chi connectivity index (χ3v) is 4.32. The minimum atomic E-state index is 0.678. The monoisotopic (exact) mass is 246 g/mol. The van der Waals surface area contributed by atoms with Crippen molar-refractivity contribution >= 4 is 5.69 Å². The molecular formula is C15H22N2O. The number of hydrogen-bond donors (Lipinski definition) is 1. The van der Waals surface area contributed by atoms with E-state index in [1.165, 1.54) is 24.1 Å². The van der Waals surface area contributed by atoms with E-state index in [1.807, 2.05) is 0 Å². The van der Waals surface area contributed by atoms with Crippen molar-refractivity contribution < 1.29 is 4.74 Å². The van der Waals surface area contributed by atoms with Crippen LogP contribution in [0, 0.1) is 5.92 Å². The molecule has 1 aromatic rings. The number of hydrogen-bond acceptors (Lipinski definition) is 3. The molecular weight excluding hydrogens is 224 g/mol. The first-order chi connectivity index (χ1) is 8.90. The first kappa shape index (κ1) is 12.0. The Balaban J connectivity index is 1.88. The van der Waals surface area contributed by atoms with E-state index in [4.69, 9.17) is 10.5 Å². The summed E-state index contributed by atoms with van der Waals surface area (Å²) in [7, 11) is 0. The highest BCUT2D eigenvalue weighted by Crippen LogP contribution is 2.41. The van der Waals surface area contributed by atoms with Crippen LogP contribution in [0.15, 0.2) is 24.3 Å². The molecule has 0 bridgehead atoms. The van der Waals surface area contributed by atoms with Gasteiger partial charge in [0, 0.05) is 31.9 Å². The predicted octanol–water partition coefficient (Wildman–Crippen LogP) is 1.98. The molecule has 0 spiro atoms. The Kier molecular flexibility index (Phi) is 3.52. The number of anilines is 1. The lowest BCUT2D eigenvalue weighted by Gasteiger charge is -2.37. The van der Waals surface area contributed by atoms with Gasteiger partial charge in [-0.05, 0) is 36.3 Å². The number of para-hydroxylation sites is 1. The van der Waals surface area contributed by atoms with Gasteiger partial charge >= 0.3 is 0 Å². The highest BCUT2D eigenvalue weighted by atomic mass is 16.5. The van der Waals surface area contributed by atoms with E-state index in [0.717, 1.165) is 32.8 Å². The summed E-state index contributed by atoms with van der Waals surface area (Å²) >= 11 is 0. The average molecular weight is 246 g/mol. The minimum absolute atomic E-state index is 0.678. The largest absolute Gasteiger partial charge is 0.381 e. The molecule has 3 nitrogen and oxygen atoms in total. The van der Waals surface area contributed by atoms with E-state index in [0.29, 0.717) is 11.8 Å².